The van der Waals surface area contributed by atoms with Crippen LogP contribution in [0.3, 0.4) is 0 Å². The van der Waals surface area contributed by atoms with Gasteiger partial charge in [-0.25, -0.2) is 18.4 Å². The maximum absolute atomic E-state index is 12.9. The number of H-pyrrole nitrogens is 1. The van der Waals surface area contributed by atoms with E-state index in [-0.39, 0.29) is 11.6 Å². The number of hydrogen-bond acceptors (Lipinski definition) is 6. The first-order valence-electron chi connectivity index (χ1n) is 8.47. The van der Waals surface area contributed by atoms with Gasteiger partial charge < -0.3 is 11.5 Å². The Hall–Kier alpha value is -0.590. The van der Waals surface area contributed by atoms with Gasteiger partial charge in [0.2, 0.25) is 0 Å². The molecule has 0 atom stereocenters. The number of nitrogens with one attached hydrogen (secondary N) is 1. The summed E-state index contributed by atoms with van der Waals surface area (Å²) in [5.41, 5.74) is 8.96. The summed E-state index contributed by atoms with van der Waals surface area (Å²) in [7, 11) is 0. The van der Waals surface area contributed by atoms with Crippen LogP contribution in [0, 0.1) is 11.6 Å². The number of aromatic amines is 1. The molecule has 2 rings (SSSR count). The Balaban J connectivity index is 0.000000448. The lowest BCUT2D eigenvalue weighted by Gasteiger charge is -2.04. The van der Waals surface area contributed by atoms with E-state index in [1.165, 1.54) is 26.3 Å². The molecule has 0 spiro atoms. The number of aromatic nitrogens is 4. The van der Waals surface area contributed by atoms with Crippen molar-refractivity contribution in [2.75, 3.05) is 24.7 Å². The molecule has 2 aromatic heterocycles. The molecule has 29 heavy (non-hydrogen) atoms. The van der Waals surface area contributed by atoms with Gasteiger partial charge in [-0.2, -0.15) is 9.97 Å². The zero-order valence-corrected chi connectivity index (χ0v) is 22.0. The number of aryl methyl sites for hydroxylation is 1. The van der Waals surface area contributed by atoms with Crippen molar-refractivity contribution in [3.05, 3.63) is 45.0 Å². The molecule has 8 nitrogen and oxygen atoms in total. The zero-order valence-electron chi connectivity index (χ0n) is 15.5. The molecule has 13 heteroatoms. The second-order valence-electron chi connectivity index (χ2n) is 5.38. The average molecular weight is 750 g/mol. The standard InChI is InChI=1S/C8H11FIN3O.C4H4FN3O.C4H8I2/c9-6-5-13(4-2-1-3-10)8(14)12-7(6)11;5-2-1-7-4(9)8-3(2)6;5-3-1-2-4-6/h5H,1-4H2,(H2,11,12,14);1H,(H3,6,7,8,9);1-4H2. The van der Waals surface area contributed by atoms with E-state index >= 15 is 0 Å². The second-order valence-corrected chi connectivity index (χ2v) is 8.62. The van der Waals surface area contributed by atoms with Crippen molar-refractivity contribution in [2.24, 2.45) is 0 Å². The van der Waals surface area contributed by atoms with Gasteiger partial charge in [-0.05, 0) is 39.0 Å². The van der Waals surface area contributed by atoms with Crippen molar-refractivity contribution < 1.29 is 8.78 Å². The number of rotatable bonds is 7. The van der Waals surface area contributed by atoms with E-state index in [2.05, 4.69) is 77.7 Å². The summed E-state index contributed by atoms with van der Waals surface area (Å²) in [6, 6.07) is 0. The Morgan fingerprint density at radius 3 is 2.00 bits per heavy atom. The lowest BCUT2D eigenvalue weighted by atomic mass is 10.3. The number of nitrogen functional groups attached to an aromatic ring is 2. The van der Waals surface area contributed by atoms with E-state index in [4.69, 9.17) is 11.5 Å². The minimum Gasteiger partial charge on any atom is -0.383 e. The largest absolute Gasteiger partial charge is 0.383 e. The molecule has 0 saturated carbocycles. The number of halogens is 5. The molecule has 0 bridgehead atoms. The normalized spacial score (nSPS) is 9.83. The highest BCUT2D eigenvalue weighted by molar-refractivity contribution is 14.1. The van der Waals surface area contributed by atoms with Crippen LogP contribution >= 0.6 is 67.8 Å². The fourth-order valence-electron chi connectivity index (χ4n) is 1.60. The molecule has 0 saturated heterocycles. The fraction of sp³-hybridized carbons (Fsp3) is 0.500. The number of hydrogen-bond donors (Lipinski definition) is 3. The fourth-order valence-corrected chi connectivity index (χ4v) is 3.21. The number of unbranched alkanes of at least 4 members (excludes halogenated alkanes) is 2. The monoisotopic (exact) mass is 750 g/mol. The third-order valence-electron chi connectivity index (χ3n) is 3.07. The highest BCUT2D eigenvalue weighted by atomic mass is 127. The van der Waals surface area contributed by atoms with Gasteiger partial charge >= 0.3 is 11.4 Å². The summed E-state index contributed by atoms with van der Waals surface area (Å²) < 4.78 is 30.0. The highest BCUT2D eigenvalue weighted by Gasteiger charge is 2.04. The molecule has 0 aliphatic heterocycles. The Morgan fingerprint density at radius 2 is 1.52 bits per heavy atom. The number of anilines is 2. The van der Waals surface area contributed by atoms with Crippen molar-refractivity contribution in [3.63, 3.8) is 0 Å². The third kappa shape index (κ3) is 13.3. The first-order chi connectivity index (χ1) is 13.8. The Kier molecular flexibility index (Phi) is 16.8. The summed E-state index contributed by atoms with van der Waals surface area (Å²) in [4.78, 5) is 29.8. The van der Waals surface area contributed by atoms with Gasteiger partial charge in [0.1, 0.15) is 5.82 Å². The SMILES string of the molecule is ICCCCI.Nc1[nH]c(=O)ncc1F.Nc1nc(=O)n(CCCCI)cc1F. The molecule has 164 valence electrons. The van der Waals surface area contributed by atoms with Crippen LogP contribution in [0.15, 0.2) is 22.0 Å². The van der Waals surface area contributed by atoms with Crippen molar-refractivity contribution in [1.82, 2.24) is 19.5 Å². The molecule has 2 heterocycles. The summed E-state index contributed by atoms with van der Waals surface area (Å²) in [5, 5.41) is 0. The van der Waals surface area contributed by atoms with Crippen LogP contribution in [-0.2, 0) is 6.54 Å². The van der Waals surface area contributed by atoms with Crippen LogP contribution in [0.4, 0.5) is 20.4 Å². The minimum absolute atomic E-state index is 0.282. The molecule has 0 unspecified atom stereocenters. The summed E-state index contributed by atoms with van der Waals surface area (Å²) in [6.07, 6.45) is 6.51. The molecule has 0 radical (unpaired) electrons. The summed E-state index contributed by atoms with van der Waals surface area (Å²) >= 11 is 7.07. The predicted octanol–water partition coefficient (Wildman–Crippen LogP) is 3.31. The van der Waals surface area contributed by atoms with E-state index in [1.54, 1.807) is 0 Å². The van der Waals surface area contributed by atoms with E-state index in [0.717, 1.165) is 29.7 Å². The molecular weight excluding hydrogens is 727 g/mol. The van der Waals surface area contributed by atoms with Crippen LogP contribution in [0.2, 0.25) is 0 Å². The quantitative estimate of drug-likeness (QED) is 0.226. The lowest BCUT2D eigenvalue weighted by Crippen LogP contribution is -2.24. The average Bonchev–Trinajstić information content (AvgIpc) is 2.68. The Labute approximate surface area is 208 Å². The van der Waals surface area contributed by atoms with Crippen LogP contribution in [0.5, 0.6) is 0 Å². The molecule has 0 aliphatic carbocycles. The van der Waals surface area contributed by atoms with Crippen LogP contribution in [0.1, 0.15) is 25.7 Å². The second kappa shape index (κ2) is 17.1. The van der Waals surface area contributed by atoms with Crippen LogP contribution in [0.25, 0.3) is 0 Å². The molecule has 2 aromatic rings. The van der Waals surface area contributed by atoms with Gasteiger partial charge in [-0.15, -0.1) is 0 Å². The van der Waals surface area contributed by atoms with E-state index in [1.807, 2.05) is 4.98 Å². The molecule has 0 aliphatic rings. The van der Waals surface area contributed by atoms with Crippen molar-refractivity contribution in [3.8, 4) is 0 Å². The Morgan fingerprint density at radius 1 is 0.966 bits per heavy atom. The van der Waals surface area contributed by atoms with Crippen molar-refractivity contribution >= 4 is 79.4 Å². The Bertz CT molecular complexity index is 831. The van der Waals surface area contributed by atoms with Gasteiger partial charge in [-0.3, -0.25) is 9.55 Å². The van der Waals surface area contributed by atoms with Crippen molar-refractivity contribution in [1.29, 1.82) is 0 Å². The predicted molar refractivity (Wildman–Crippen MR) is 137 cm³/mol. The lowest BCUT2D eigenvalue weighted by molar-refractivity contribution is 0.551. The third-order valence-corrected chi connectivity index (χ3v) is 5.36. The molecular formula is C16H23F2I3N6O2. The molecule has 0 aromatic carbocycles. The van der Waals surface area contributed by atoms with E-state index < -0.39 is 23.0 Å². The minimum atomic E-state index is -0.713. The number of alkyl halides is 3. The first kappa shape index (κ1) is 28.4. The maximum atomic E-state index is 12.9. The topological polar surface area (TPSA) is 133 Å². The smallest absolute Gasteiger partial charge is 0.349 e. The number of nitrogens with zero attached hydrogens (tertiary/aromatic N) is 3. The van der Waals surface area contributed by atoms with Gasteiger partial charge in [0.05, 0.1) is 6.20 Å². The van der Waals surface area contributed by atoms with E-state index in [9.17, 15) is 18.4 Å². The van der Waals surface area contributed by atoms with Gasteiger partial charge in [0.15, 0.2) is 17.5 Å². The molecule has 0 amide bonds. The summed E-state index contributed by atoms with van der Waals surface area (Å²) in [6.45, 7) is 0.492. The summed E-state index contributed by atoms with van der Waals surface area (Å²) in [5.74, 6) is -1.97. The maximum Gasteiger partial charge on any atom is 0.349 e. The van der Waals surface area contributed by atoms with Gasteiger partial charge in [-0.1, -0.05) is 67.8 Å². The molecule has 0 fully saturated rings. The van der Waals surface area contributed by atoms with Gasteiger partial charge in [0, 0.05) is 12.7 Å². The number of nitrogens with two attached hydrogens (primary N) is 2. The van der Waals surface area contributed by atoms with Crippen LogP contribution in [-0.4, -0.2) is 32.8 Å². The first-order valence-corrected chi connectivity index (χ1v) is 13.0. The molecule has 5 N–H and O–H groups in total. The van der Waals surface area contributed by atoms with E-state index in [0.29, 0.717) is 6.54 Å². The highest BCUT2D eigenvalue weighted by Crippen LogP contribution is 2.03. The van der Waals surface area contributed by atoms with Crippen molar-refractivity contribution in [2.45, 2.75) is 32.2 Å². The zero-order chi connectivity index (χ0) is 22.2. The van der Waals surface area contributed by atoms with Crippen LogP contribution < -0.4 is 22.8 Å². The van der Waals surface area contributed by atoms with Gasteiger partial charge in [0.25, 0.3) is 0 Å².